The van der Waals surface area contributed by atoms with Gasteiger partial charge in [0.15, 0.2) is 5.78 Å². The summed E-state index contributed by atoms with van der Waals surface area (Å²) in [5.41, 5.74) is 0. The minimum atomic E-state index is 0.122. The van der Waals surface area contributed by atoms with E-state index in [2.05, 4.69) is 16.9 Å². The van der Waals surface area contributed by atoms with Gasteiger partial charge in [0.1, 0.15) is 5.01 Å². The zero-order valence-corrected chi connectivity index (χ0v) is 10.0. The Kier molecular flexibility index (Phi) is 3.17. The molecule has 0 bridgehead atoms. The van der Waals surface area contributed by atoms with Gasteiger partial charge in [-0.25, -0.2) is 4.98 Å². The largest absolute Gasteiger partial charge is 0.297 e. The molecule has 15 heavy (non-hydrogen) atoms. The predicted molar refractivity (Wildman–Crippen MR) is 61.3 cm³/mol. The standard InChI is InChI=1S/C11H16N2OS/c1-8(14)10-7-12-11(15-10)9-5-3-4-6-13(9)2/h7,9H,3-6H2,1-2H3. The minimum absolute atomic E-state index is 0.122. The summed E-state index contributed by atoms with van der Waals surface area (Å²) in [5.74, 6) is 0.122. The molecule has 2 heterocycles. The van der Waals surface area contributed by atoms with Crippen molar-refractivity contribution in [2.75, 3.05) is 13.6 Å². The smallest absolute Gasteiger partial charge is 0.171 e. The first-order valence-corrected chi connectivity index (χ1v) is 6.17. The Bertz CT molecular complexity index is 361. The van der Waals surface area contributed by atoms with Gasteiger partial charge in [0.2, 0.25) is 0 Å². The average molecular weight is 224 g/mol. The van der Waals surface area contributed by atoms with E-state index in [1.165, 1.54) is 19.3 Å². The number of rotatable bonds is 2. The third-order valence-electron chi connectivity index (χ3n) is 2.93. The lowest BCUT2D eigenvalue weighted by atomic mass is 10.0. The van der Waals surface area contributed by atoms with Crippen molar-refractivity contribution in [2.24, 2.45) is 0 Å². The summed E-state index contributed by atoms with van der Waals surface area (Å²) in [6, 6.07) is 0.428. The van der Waals surface area contributed by atoms with Gasteiger partial charge >= 0.3 is 0 Å². The maximum atomic E-state index is 11.2. The Labute approximate surface area is 94.1 Å². The Hall–Kier alpha value is -0.740. The van der Waals surface area contributed by atoms with Crippen LogP contribution >= 0.6 is 11.3 Å². The summed E-state index contributed by atoms with van der Waals surface area (Å²) < 4.78 is 0. The number of nitrogens with zero attached hydrogens (tertiary/aromatic N) is 2. The third-order valence-corrected chi connectivity index (χ3v) is 4.13. The third kappa shape index (κ3) is 2.26. The van der Waals surface area contributed by atoms with Crippen LogP contribution in [0, 0.1) is 0 Å². The highest BCUT2D eigenvalue weighted by atomic mass is 32.1. The second kappa shape index (κ2) is 4.41. The Balaban J connectivity index is 2.17. The highest BCUT2D eigenvalue weighted by Crippen LogP contribution is 2.32. The number of carbonyl (C=O) groups is 1. The van der Waals surface area contributed by atoms with Crippen molar-refractivity contribution in [3.63, 3.8) is 0 Å². The van der Waals surface area contributed by atoms with E-state index in [1.54, 1.807) is 24.5 Å². The van der Waals surface area contributed by atoms with Gasteiger partial charge in [-0.2, -0.15) is 0 Å². The lowest BCUT2D eigenvalue weighted by molar-refractivity contribution is 0.102. The van der Waals surface area contributed by atoms with Gasteiger partial charge in [0.05, 0.1) is 10.9 Å². The molecule has 0 saturated carbocycles. The number of aromatic nitrogens is 1. The van der Waals surface area contributed by atoms with Gasteiger partial charge in [-0.15, -0.1) is 11.3 Å². The van der Waals surface area contributed by atoms with Crippen LogP contribution in [0.1, 0.15) is 46.9 Å². The number of carbonyl (C=O) groups excluding carboxylic acids is 1. The number of ketones is 1. The van der Waals surface area contributed by atoms with Gasteiger partial charge in [0.25, 0.3) is 0 Å². The van der Waals surface area contributed by atoms with Crippen LogP contribution in [0.5, 0.6) is 0 Å². The second-order valence-electron chi connectivity index (χ2n) is 4.11. The summed E-state index contributed by atoms with van der Waals surface area (Å²) in [6.45, 7) is 2.74. The van der Waals surface area contributed by atoms with Crippen LogP contribution in [0.4, 0.5) is 0 Å². The molecule has 1 fully saturated rings. The SMILES string of the molecule is CC(=O)c1cnc(C2CCCCN2C)s1. The Morgan fingerprint density at radius 2 is 2.40 bits per heavy atom. The summed E-state index contributed by atoms with van der Waals surface area (Å²) in [5, 5.41) is 1.10. The summed E-state index contributed by atoms with van der Waals surface area (Å²) in [6.07, 6.45) is 5.42. The van der Waals surface area contributed by atoms with E-state index < -0.39 is 0 Å². The Morgan fingerprint density at radius 3 is 3.00 bits per heavy atom. The van der Waals surface area contributed by atoms with Crippen molar-refractivity contribution in [3.05, 3.63) is 16.1 Å². The second-order valence-corrected chi connectivity index (χ2v) is 5.17. The van der Waals surface area contributed by atoms with E-state index in [0.717, 1.165) is 16.4 Å². The van der Waals surface area contributed by atoms with Crippen LogP contribution in [0.25, 0.3) is 0 Å². The number of hydrogen-bond donors (Lipinski definition) is 0. The van der Waals surface area contributed by atoms with Crippen molar-refractivity contribution in [1.29, 1.82) is 0 Å². The van der Waals surface area contributed by atoms with Gasteiger partial charge in [0, 0.05) is 13.1 Å². The highest BCUT2D eigenvalue weighted by Gasteiger charge is 2.23. The van der Waals surface area contributed by atoms with Crippen molar-refractivity contribution < 1.29 is 4.79 Å². The fourth-order valence-electron chi connectivity index (χ4n) is 1.99. The molecule has 0 spiro atoms. The molecule has 3 nitrogen and oxygen atoms in total. The Morgan fingerprint density at radius 1 is 1.60 bits per heavy atom. The average Bonchev–Trinajstić information content (AvgIpc) is 2.67. The predicted octanol–water partition coefficient (Wildman–Crippen LogP) is 2.50. The molecule has 1 aliphatic rings. The number of hydrogen-bond acceptors (Lipinski definition) is 4. The van der Waals surface area contributed by atoms with E-state index >= 15 is 0 Å². The fourth-order valence-corrected chi connectivity index (χ4v) is 3.01. The minimum Gasteiger partial charge on any atom is -0.297 e. The molecule has 1 atom stereocenters. The monoisotopic (exact) mass is 224 g/mol. The van der Waals surface area contributed by atoms with Crippen LogP contribution in [0.15, 0.2) is 6.20 Å². The molecule has 0 amide bonds. The number of thiazole rings is 1. The van der Waals surface area contributed by atoms with E-state index in [4.69, 9.17) is 0 Å². The van der Waals surface area contributed by atoms with Crippen LogP contribution in [-0.2, 0) is 0 Å². The van der Waals surface area contributed by atoms with Crippen molar-refractivity contribution in [3.8, 4) is 0 Å². The molecule has 0 aromatic carbocycles. The normalized spacial score (nSPS) is 22.9. The van der Waals surface area contributed by atoms with E-state index in [1.807, 2.05) is 0 Å². The molecule has 1 aromatic heterocycles. The van der Waals surface area contributed by atoms with Gasteiger partial charge < -0.3 is 0 Å². The van der Waals surface area contributed by atoms with E-state index in [-0.39, 0.29) is 5.78 Å². The molecular formula is C11H16N2OS. The first-order chi connectivity index (χ1) is 7.18. The van der Waals surface area contributed by atoms with Crippen LogP contribution in [0.3, 0.4) is 0 Å². The lowest BCUT2D eigenvalue weighted by Crippen LogP contribution is -2.29. The van der Waals surface area contributed by atoms with Gasteiger partial charge in [-0.05, 0) is 26.4 Å². The van der Waals surface area contributed by atoms with Crippen LogP contribution in [-0.4, -0.2) is 29.3 Å². The fraction of sp³-hybridized carbons (Fsp3) is 0.636. The number of piperidine rings is 1. The molecule has 0 aliphatic carbocycles. The lowest BCUT2D eigenvalue weighted by Gasteiger charge is -2.30. The molecular weight excluding hydrogens is 208 g/mol. The molecule has 0 radical (unpaired) electrons. The van der Waals surface area contributed by atoms with E-state index in [9.17, 15) is 4.79 Å². The molecule has 4 heteroatoms. The van der Waals surface area contributed by atoms with Crippen molar-refractivity contribution in [1.82, 2.24) is 9.88 Å². The number of Topliss-reactive ketones (excluding diaryl/α,β-unsaturated/α-hetero) is 1. The molecule has 1 aromatic rings. The molecule has 1 aliphatic heterocycles. The van der Waals surface area contributed by atoms with Crippen molar-refractivity contribution >= 4 is 17.1 Å². The molecule has 0 N–H and O–H groups in total. The topological polar surface area (TPSA) is 33.2 Å². The molecule has 1 saturated heterocycles. The summed E-state index contributed by atoms with van der Waals surface area (Å²) in [4.78, 5) is 18.7. The van der Waals surface area contributed by atoms with E-state index in [0.29, 0.717) is 6.04 Å². The maximum Gasteiger partial charge on any atom is 0.171 e. The zero-order valence-electron chi connectivity index (χ0n) is 9.19. The first-order valence-electron chi connectivity index (χ1n) is 5.35. The maximum absolute atomic E-state index is 11.2. The summed E-state index contributed by atoms with van der Waals surface area (Å²) in [7, 11) is 2.14. The first kappa shape index (κ1) is 10.8. The van der Waals surface area contributed by atoms with Crippen LogP contribution in [0.2, 0.25) is 0 Å². The quantitative estimate of drug-likeness (QED) is 0.724. The molecule has 1 unspecified atom stereocenters. The number of likely N-dealkylation sites (tertiary alicyclic amines) is 1. The van der Waals surface area contributed by atoms with Gasteiger partial charge in [-0.1, -0.05) is 6.42 Å². The van der Waals surface area contributed by atoms with Gasteiger partial charge in [-0.3, -0.25) is 9.69 Å². The zero-order chi connectivity index (χ0) is 10.8. The molecule has 2 rings (SSSR count). The van der Waals surface area contributed by atoms with Crippen LogP contribution < -0.4 is 0 Å². The molecule has 82 valence electrons. The highest BCUT2D eigenvalue weighted by molar-refractivity contribution is 7.13. The summed E-state index contributed by atoms with van der Waals surface area (Å²) >= 11 is 1.55. The van der Waals surface area contributed by atoms with Crippen molar-refractivity contribution in [2.45, 2.75) is 32.2 Å².